The predicted molar refractivity (Wildman–Crippen MR) is 182 cm³/mol. The summed E-state index contributed by atoms with van der Waals surface area (Å²) in [5, 5.41) is 3.30. The van der Waals surface area contributed by atoms with Crippen LogP contribution in [0.25, 0.3) is 0 Å². The molecule has 1 aromatic carbocycles. The third-order valence-electron chi connectivity index (χ3n) is 16.0. The van der Waals surface area contributed by atoms with Gasteiger partial charge in [0.15, 0.2) is 0 Å². The van der Waals surface area contributed by atoms with Crippen molar-refractivity contribution >= 4 is 17.8 Å². The van der Waals surface area contributed by atoms with E-state index in [1.165, 1.54) is 5.57 Å². The quantitative estimate of drug-likeness (QED) is 0.242. The fraction of sp³-hybridized carbons (Fsp3) is 0.732. The molecule has 1 amide bonds. The summed E-state index contributed by atoms with van der Waals surface area (Å²) < 4.78 is 11.2. The van der Waals surface area contributed by atoms with Crippen LogP contribution in [0.1, 0.15) is 111 Å². The van der Waals surface area contributed by atoms with Crippen molar-refractivity contribution in [1.29, 1.82) is 0 Å². The van der Waals surface area contributed by atoms with E-state index in [2.05, 4.69) is 46.5 Å². The molecule has 1 heterocycles. The van der Waals surface area contributed by atoms with Gasteiger partial charge >= 0.3 is 11.9 Å². The van der Waals surface area contributed by atoms with Gasteiger partial charge in [-0.05, 0) is 136 Å². The number of esters is 2. The van der Waals surface area contributed by atoms with Crippen LogP contribution in [0.4, 0.5) is 0 Å². The van der Waals surface area contributed by atoms with Crippen LogP contribution in [0, 0.1) is 56.7 Å². The number of allylic oxidation sites excluding steroid dienone is 1. The lowest BCUT2D eigenvalue weighted by Gasteiger charge is -2.73. The summed E-state index contributed by atoms with van der Waals surface area (Å²) in [6.45, 7) is 18.7. The number of benzene rings is 1. The topological polar surface area (TPSA) is 81.7 Å². The van der Waals surface area contributed by atoms with Crippen molar-refractivity contribution in [3.05, 3.63) is 48.0 Å². The summed E-state index contributed by atoms with van der Waals surface area (Å²) >= 11 is 0. The first kappa shape index (κ1) is 32.9. The zero-order valence-electron chi connectivity index (χ0n) is 29.7. The summed E-state index contributed by atoms with van der Waals surface area (Å²) in [5.74, 6) is 1.54. The first-order valence-corrected chi connectivity index (χ1v) is 18.6. The van der Waals surface area contributed by atoms with Crippen LogP contribution < -0.4 is 5.32 Å². The molecule has 47 heavy (non-hydrogen) atoms. The molecule has 0 bridgehead atoms. The monoisotopic (exact) mass is 643 g/mol. The summed E-state index contributed by atoms with van der Waals surface area (Å²) in [6.07, 6.45) is 10.8. The summed E-state index contributed by atoms with van der Waals surface area (Å²) in [5.41, 5.74) is 1.68. The minimum absolute atomic E-state index is 0.0269. The average Bonchev–Trinajstić information content (AvgIpc) is 3.44. The van der Waals surface area contributed by atoms with Crippen molar-refractivity contribution < 1.29 is 23.9 Å². The maximum atomic E-state index is 14.8. The van der Waals surface area contributed by atoms with Gasteiger partial charge in [0.25, 0.3) is 0 Å². The molecule has 0 aromatic heterocycles. The first-order valence-electron chi connectivity index (χ1n) is 18.6. The van der Waals surface area contributed by atoms with E-state index in [-0.39, 0.29) is 58.1 Å². The molecule has 0 radical (unpaired) electrons. The first-order chi connectivity index (χ1) is 22.3. The van der Waals surface area contributed by atoms with Gasteiger partial charge in [0.2, 0.25) is 5.91 Å². The van der Waals surface area contributed by atoms with Crippen LogP contribution in [0.5, 0.6) is 0 Å². The maximum Gasteiger partial charge on any atom is 0.328 e. The molecule has 1 saturated heterocycles. The van der Waals surface area contributed by atoms with E-state index in [1.807, 2.05) is 37.3 Å². The number of rotatable bonds is 7. The second-order valence-electron chi connectivity index (χ2n) is 17.5. The molecule has 1 N–H and O–H groups in total. The van der Waals surface area contributed by atoms with Gasteiger partial charge in [-0.1, -0.05) is 63.3 Å². The Morgan fingerprint density at radius 3 is 2.36 bits per heavy atom. The second kappa shape index (κ2) is 11.2. The van der Waals surface area contributed by atoms with Crippen LogP contribution >= 0.6 is 0 Å². The van der Waals surface area contributed by atoms with Crippen molar-refractivity contribution in [1.82, 2.24) is 5.32 Å². The van der Waals surface area contributed by atoms with Crippen LogP contribution in [0.2, 0.25) is 0 Å². The van der Waals surface area contributed by atoms with Crippen LogP contribution in [-0.4, -0.2) is 36.6 Å². The number of carbonyl (C=O) groups excluding carboxylic acids is 3. The Bertz CT molecular complexity index is 1460. The molecule has 1 aromatic rings. The Labute approximate surface area is 282 Å². The van der Waals surface area contributed by atoms with Gasteiger partial charge in [0.05, 0.1) is 12.0 Å². The molecule has 12 atom stereocenters. The summed E-state index contributed by atoms with van der Waals surface area (Å²) in [6, 6.07) is 9.21. The molecule has 5 aliphatic carbocycles. The minimum Gasteiger partial charge on any atom is -0.464 e. The second-order valence-corrected chi connectivity index (χ2v) is 17.5. The van der Waals surface area contributed by atoms with Gasteiger partial charge in [0, 0.05) is 6.42 Å². The highest BCUT2D eigenvalue weighted by molar-refractivity contribution is 5.89. The van der Waals surface area contributed by atoms with Crippen molar-refractivity contribution in [2.45, 2.75) is 124 Å². The van der Waals surface area contributed by atoms with Gasteiger partial charge < -0.3 is 14.8 Å². The molecular formula is C41H57NO5. The Morgan fingerprint density at radius 2 is 1.68 bits per heavy atom. The number of amides is 1. The molecule has 6 fully saturated rings. The molecular weight excluding hydrogens is 586 g/mol. The average molecular weight is 644 g/mol. The normalized spacial score (nSPS) is 45.4. The highest BCUT2D eigenvalue weighted by Gasteiger charge is 2.75. The highest BCUT2D eigenvalue weighted by atomic mass is 16.6. The molecule has 6 aliphatic rings. The van der Waals surface area contributed by atoms with Crippen LogP contribution in [0.15, 0.2) is 42.5 Å². The molecule has 1 aliphatic heterocycles. The lowest BCUT2D eigenvalue weighted by atomic mass is 9.32. The van der Waals surface area contributed by atoms with Gasteiger partial charge in [0.1, 0.15) is 17.6 Å². The number of hydrogen-bond donors (Lipinski definition) is 1. The van der Waals surface area contributed by atoms with Crippen molar-refractivity contribution in [3.63, 3.8) is 0 Å². The highest BCUT2D eigenvalue weighted by Crippen LogP contribution is 2.78. The standard InChI is InChI=1S/C41H57NO5/c1-8-46-34(43)29(24-26-12-10-9-11-13-26)42-35(44)41-21-16-27(25(2)3)33(41)28-14-15-30-37(4)19-18-32-40(7,36(45)47-32)31(37)17-20-39(30,6)38(28,5)22-23-41/h9-13,27-33H,2,8,14-24H2,1,3-7H3,(H,42,44)/t27-,28+,29-,30+,31+,32+,33+,37+,38+,39+,40-,41-/m0/s1. The Hall–Kier alpha value is -2.63. The van der Waals surface area contributed by atoms with Crippen molar-refractivity contribution in [3.8, 4) is 0 Å². The van der Waals surface area contributed by atoms with Crippen LogP contribution in [-0.2, 0) is 30.3 Å². The van der Waals surface area contributed by atoms with E-state index < -0.39 is 11.5 Å². The Kier molecular flexibility index (Phi) is 7.84. The molecule has 6 heteroatoms. The fourth-order valence-electron chi connectivity index (χ4n) is 13.4. The van der Waals surface area contributed by atoms with E-state index in [4.69, 9.17) is 9.47 Å². The van der Waals surface area contributed by atoms with Gasteiger partial charge in [-0.2, -0.15) is 0 Å². The zero-order valence-corrected chi connectivity index (χ0v) is 29.7. The van der Waals surface area contributed by atoms with E-state index in [0.717, 1.165) is 69.8 Å². The molecule has 0 spiro atoms. The third-order valence-corrected chi connectivity index (χ3v) is 16.0. The number of hydrogen-bond acceptors (Lipinski definition) is 5. The van der Waals surface area contributed by atoms with E-state index in [0.29, 0.717) is 30.1 Å². The number of ether oxygens (including phenoxy) is 2. The number of nitrogens with one attached hydrogen (secondary N) is 1. The lowest BCUT2D eigenvalue weighted by molar-refractivity contribution is -0.279. The van der Waals surface area contributed by atoms with Crippen molar-refractivity contribution in [2.75, 3.05) is 6.61 Å². The van der Waals surface area contributed by atoms with E-state index >= 15 is 0 Å². The number of carbonyl (C=O) groups is 3. The maximum absolute atomic E-state index is 14.8. The molecule has 6 nitrogen and oxygen atoms in total. The third kappa shape index (κ3) is 4.43. The van der Waals surface area contributed by atoms with Crippen molar-refractivity contribution in [2.24, 2.45) is 56.7 Å². The lowest BCUT2D eigenvalue weighted by Crippen LogP contribution is -2.71. The SMILES string of the molecule is C=C(C)[C@@H]1CC[C@]2(C(=O)N[C@@H](Cc3ccccc3)C(=O)OCC)CC[C@]3(C)[C@H](CC[C@@H]4[C@@]5(C)CC[C@H]6OC(=O)[C@@]6(C)[C@@H]5CC[C@]43C)[C@@H]12. The minimum atomic E-state index is -0.713. The Balaban J connectivity index is 1.21. The van der Waals surface area contributed by atoms with Gasteiger partial charge in [-0.3, -0.25) is 9.59 Å². The van der Waals surface area contributed by atoms with E-state index in [1.54, 1.807) is 0 Å². The molecule has 256 valence electrons. The smallest absolute Gasteiger partial charge is 0.328 e. The molecule has 0 unspecified atom stereocenters. The molecule has 5 saturated carbocycles. The predicted octanol–water partition coefficient (Wildman–Crippen LogP) is 7.84. The zero-order chi connectivity index (χ0) is 33.6. The van der Waals surface area contributed by atoms with E-state index in [9.17, 15) is 14.4 Å². The fourth-order valence-corrected chi connectivity index (χ4v) is 13.4. The van der Waals surface area contributed by atoms with Gasteiger partial charge in [-0.15, -0.1) is 0 Å². The number of fused-ring (bicyclic) bond motifs is 9. The largest absolute Gasteiger partial charge is 0.464 e. The summed E-state index contributed by atoms with van der Waals surface area (Å²) in [7, 11) is 0. The van der Waals surface area contributed by atoms with Gasteiger partial charge in [-0.25, -0.2) is 4.79 Å². The summed E-state index contributed by atoms with van der Waals surface area (Å²) in [4.78, 5) is 41.1. The van der Waals surface area contributed by atoms with Crippen LogP contribution in [0.3, 0.4) is 0 Å². The molecule has 7 rings (SSSR count). The Morgan fingerprint density at radius 1 is 0.936 bits per heavy atom.